The number of halogens is 4. The van der Waals surface area contributed by atoms with E-state index in [0.29, 0.717) is 0 Å². The van der Waals surface area contributed by atoms with E-state index in [1.807, 2.05) is 0 Å². The summed E-state index contributed by atoms with van der Waals surface area (Å²) >= 11 is 0. The summed E-state index contributed by atoms with van der Waals surface area (Å²) in [7, 11) is 0. The van der Waals surface area contributed by atoms with Crippen LogP contribution in [0.3, 0.4) is 0 Å². The average Bonchev–Trinajstić information content (AvgIpc) is 2.77. The SMILES string of the molecule is CCCCCC1CCC(COc2cc(C(O)c3ccc(F)c(F)c3)cc(F)c2F)CC1. The number of aliphatic hydroxyl groups excluding tert-OH is 1. The molecule has 0 heterocycles. The fraction of sp³-hybridized carbons (Fsp3) is 0.520. The van der Waals surface area contributed by atoms with Crippen LogP contribution in [0.15, 0.2) is 30.3 Å². The minimum atomic E-state index is -1.44. The molecular weight excluding hydrogens is 408 g/mol. The van der Waals surface area contributed by atoms with Gasteiger partial charge in [0.05, 0.1) is 6.61 Å². The van der Waals surface area contributed by atoms with Gasteiger partial charge in [-0.2, -0.15) is 4.39 Å². The molecule has 2 aromatic rings. The van der Waals surface area contributed by atoms with Gasteiger partial charge in [0.15, 0.2) is 23.2 Å². The van der Waals surface area contributed by atoms with Crippen LogP contribution in [0.25, 0.3) is 0 Å². The Morgan fingerprint density at radius 3 is 2.23 bits per heavy atom. The smallest absolute Gasteiger partial charge is 0.200 e. The Morgan fingerprint density at radius 1 is 0.871 bits per heavy atom. The maximum absolute atomic E-state index is 14.3. The minimum Gasteiger partial charge on any atom is -0.490 e. The van der Waals surface area contributed by atoms with E-state index in [1.165, 1.54) is 37.8 Å². The first-order chi connectivity index (χ1) is 14.9. The van der Waals surface area contributed by atoms with Gasteiger partial charge < -0.3 is 9.84 Å². The molecule has 0 aliphatic heterocycles. The highest BCUT2D eigenvalue weighted by atomic mass is 19.2. The summed E-state index contributed by atoms with van der Waals surface area (Å²) in [6.45, 7) is 2.48. The van der Waals surface area contributed by atoms with Crippen LogP contribution in [0.2, 0.25) is 0 Å². The lowest BCUT2D eigenvalue weighted by atomic mass is 9.80. The van der Waals surface area contributed by atoms with Gasteiger partial charge in [-0.15, -0.1) is 0 Å². The molecule has 1 N–H and O–H groups in total. The Labute approximate surface area is 181 Å². The van der Waals surface area contributed by atoms with Gasteiger partial charge in [-0.25, -0.2) is 13.2 Å². The Hall–Kier alpha value is -2.08. The molecule has 1 fully saturated rings. The molecule has 0 bridgehead atoms. The van der Waals surface area contributed by atoms with Crippen molar-refractivity contribution in [2.45, 2.75) is 64.4 Å². The van der Waals surface area contributed by atoms with Crippen molar-refractivity contribution in [3.63, 3.8) is 0 Å². The van der Waals surface area contributed by atoms with Gasteiger partial charge in [-0.05, 0) is 60.1 Å². The Bertz CT molecular complexity index is 863. The van der Waals surface area contributed by atoms with Gasteiger partial charge in [0.25, 0.3) is 0 Å². The predicted molar refractivity (Wildman–Crippen MR) is 112 cm³/mol. The number of rotatable bonds is 9. The summed E-state index contributed by atoms with van der Waals surface area (Å²) in [6, 6.07) is 4.98. The molecule has 3 rings (SSSR count). The van der Waals surface area contributed by atoms with Crippen LogP contribution in [0.5, 0.6) is 5.75 Å². The second-order valence-corrected chi connectivity index (χ2v) is 8.58. The van der Waals surface area contributed by atoms with Crippen molar-refractivity contribution in [2.75, 3.05) is 6.61 Å². The molecule has 0 radical (unpaired) electrons. The third-order valence-corrected chi connectivity index (χ3v) is 6.25. The van der Waals surface area contributed by atoms with E-state index in [-0.39, 0.29) is 29.4 Å². The van der Waals surface area contributed by atoms with Crippen molar-refractivity contribution in [1.82, 2.24) is 0 Å². The average molecular weight is 439 g/mol. The summed E-state index contributed by atoms with van der Waals surface area (Å²) < 4.78 is 60.6. The number of unbranched alkanes of at least 4 members (excludes halogenated alkanes) is 2. The van der Waals surface area contributed by atoms with Crippen LogP contribution in [-0.4, -0.2) is 11.7 Å². The highest BCUT2D eigenvalue weighted by molar-refractivity contribution is 5.37. The molecule has 0 saturated heterocycles. The van der Waals surface area contributed by atoms with E-state index in [4.69, 9.17) is 4.74 Å². The molecule has 0 aromatic heterocycles. The molecule has 170 valence electrons. The molecule has 31 heavy (non-hydrogen) atoms. The fourth-order valence-electron chi connectivity index (χ4n) is 4.30. The highest BCUT2D eigenvalue weighted by Crippen LogP contribution is 2.34. The summed E-state index contributed by atoms with van der Waals surface area (Å²) in [5.74, 6) is -3.70. The summed E-state index contributed by atoms with van der Waals surface area (Å²) in [4.78, 5) is 0. The molecule has 0 amide bonds. The second-order valence-electron chi connectivity index (χ2n) is 8.58. The monoisotopic (exact) mass is 438 g/mol. The van der Waals surface area contributed by atoms with Gasteiger partial charge >= 0.3 is 0 Å². The van der Waals surface area contributed by atoms with E-state index in [9.17, 15) is 22.7 Å². The summed E-state index contributed by atoms with van der Waals surface area (Å²) in [5.41, 5.74) is 0.0526. The second kappa shape index (κ2) is 11.0. The van der Waals surface area contributed by atoms with Crippen molar-refractivity contribution in [2.24, 2.45) is 11.8 Å². The van der Waals surface area contributed by atoms with Crippen LogP contribution in [0.1, 0.15) is 75.5 Å². The van der Waals surface area contributed by atoms with Gasteiger partial charge in [0, 0.05) is 0 Å². The first-order valence-electron chi connectivity index (χ1n) is 11.1. The van der Waals surface area contributed by atoms with E-state index >= 15 is 0 Å². The zero-order valence-corrected chi connectivity index (χ0v) is 17.9. The molecule has 6 heteroatoms. The predicted octanol–water partition coefficient (Wildman–Crippen LogP) is 7.09. The molecule has 1 unspecified atom stereocenters. The lowest BCUT2D eigenvalue weighted by Crippen LogP contribution is -2.20. The van der Waals surface area contributed by atoms with Crippen molar-refractivity contribution < 1.29 is 27.4 Å². The van der Waals surface area contributed by atoms with Gasteiger partial charge in [-0.1, -0.05) is 51.5 Å². The number of benzene rings is 2. The third kappa shape index (κ3) is 6.22. The van der Waals surface area contributed by atoms with Gasteiger partial charge in [0.1, 0.15) is 6.10 Å². The quantitative estimate of drug-likeness (QED) is 0.335. The van der Waals surface area contributed by atoms with E-state index in [2.05, 4.69) is 6.92 Å². The van der Waals surface area contributed by atoms with Gasteiger partial charge in [-0.3, -0.25) is 0 Å². The zero-order valence-electron chi connectivity index (χ0n) is 17.9. The van der Waals surface area contributed by atoms with Crippen molar-refractivity contribution in [3.8, 4) is 5.75 Å². The molecular formula is C25H30F4O2. The number of ether oxygens (including phenoxy) is 1. The molecule has 0 spiro atoms. The standard InChI is InChI=1S/C25H30F4O2/c1-2-3-4-5-16-6-8-17(9-7-16)15-31-23-14-19(13-22(28)24(23)29)25(30)18-10-11-20(26)21(27)12-18/h10-14,16-17,25,30H,2-9,15H2,1H3. The Balaban J connectivity index is 1.62. The largest absolute Gasteiger partial charge is 0.490 e. The van der Waals surface area contributed by atoms with Crippen LogP contribution in [0, 0.1) is 35.1 Å². The van der Waals surface area contributed by atoms with Crippen molar-refractivity contribution in [1.29, 1.82) is 0 Å². The first-order valence-corrected chi connectivity index (χ1v) is 11.1. The molecule has 1 saturated carbocycles. The number of hydrogen-bond donors (Lipinski definition) is 1. The van der Waals surface area contributed by atoms with E-state index in [0.717, 1.165) is 49.8 Å². The maximum atomic E-state index is 14.3. The maximum Gasteiger partial charge on any atom is 0.200 e. The topological polar surface area (TPSA) is 29.5 Å². The lowest BCUT2D eigenvalue weighted by Gasteiger charge is -2.28. The fourth-order valence-corrected chi connectivity index (χ4v) is 4.30. The number of hydrogen-bond acceptors (Lipinski definition) is 2. The Kier molecular flexibility index (Phi) is 8.35. The molecule has 2 aromatic carbocycles. The van der Waals surface area contributed by atoms with Crippen LogP contribution in [0.4, 0.5) is 17.6 Å². The molecule has 1 atom stereocenters. The number of aliphatic hydroxyl groups is 1. The lowest BCUT2D eigenvalue weighted by molar-refractivity contribution is 0.171. The van der Waals surface area contributed by atoms with Crippen LogP contribution in [-0.2, 0) is 0 Å². The summed E-state index contributed by atoms with van der Waals surface area (Å²) in [6.07, 6.45) is 7.82. The Morgan fingerprint density at radius 2 is 1.55 bits per heavy atom. The summed E-state index contributed by atoms with van der Waals surface area (Å²) in [5, 5.41) is 10.4. The minimum absolute atomic E-state index is 0.0135. The van der Waals surface area contributed by atoms with Crippen LogP contribution < -0.4 is 4.74 Å². The highest BCUT2D eigenvalue weighted by Gasteiger charge is 2.23. The molecule has 1 aliphatic rings. The molecule has 1 aliphatic carbocycles. The third-order valence-electron chi connectivity index (χ3n) is 6.25. The molecule has 2 nitrogen and oxygen atoms in total. The zero-order chi connectivity index (χ0) is 22.4. The van der Waals surface area contributed by atoms with Gasteiger partial charge in [0.2, 0.25) is 5.82 Å². The van der Waals surface area contributed by atoms with Crippen LogP contribution >= 0.6 is 0 Å². The normalized spacial score (nSPS) is 19.9. The van der Waals surface area contributed by atoms with E-state index in [1.54, 1.807) is 0 Å². The first kappa shape index (κ1) is 23.6. The van der Waals surface area contributed by atoms with Crippen molar-refractivity contribution >= 4 is 0 Å². The van der Waals surface area contributed by atoms with Crippen molar-refractivity contribution in [3.05, 3.63) is 64.7 Å². The van der Waals surface area contributed by atoms with E-state index < -0.39 is 29.4 Å².